The van der Waals surface area contributed by atoms with E-state index in [1.54, 1.807) is 0 Å². The van der Waals surface area contributed by atoms with E-state index >= 15 is 0 Å². The summed E-state index contributed by atoms with van der Waals surface area (Å²) in [5.74, 6) is 1.72. The van der Waals surface area contributed by atoms with E-state index in [-0.39, 0.29) is 24.0 Å². The Morgan fingerprint density at radius 2 is 1.83 bits per heavy atom. The van der Waals surface area contributed by atoms with Crippen molar-refractivity contribution in [2.45, 2.75) is 63.8 Å². The minimum atomic E-state index is 0. The highest BCUT2D eigenvalue weighted by molar-refractivity contribution is 14.0. The number of guanidine groups is 1. The summed E-state index contributed by atoms with van der Waals surface area (Å²) in [5.41, 5.74) is 5.95. The maximum absolute atomic E-state index is 5.95. The first-order chi connectivity index (χ1) is 8.27. The van der Waals surface area contributed by atoms with Gasteiger partial charge in [-0.15, -0.1) is 24.0 Å². The highest BCUT2D eigenvalue weighted by Crippen LogP contribution is 2.27. The fraction of sp³-hybridized carbons (Fsp3) is 0.929. The zero-order valence-electron chi connectivity index (χ0n) is 11.6. The zero-order chi connectivity index (χ0) is 12.1. The van der Waals surface area contributed by atoms with Gasteiger partial charge in [-0.05, 0) is 31.6 Å². The van der Waals surface area contributed by atoms with Gasteiger partial charge in [0.15, 0.2) is 5.96 Å². The molecule has 0 unspecified atom stereocenters. The smallest absolute Gasteiger partial charge is 0.191 e. The van der Waals surface area contributed by atoms with Crippen LogP contribution in [0.2, 0.25) is 0 Å². The Balaban J connectivity index is 0.00000162. The molecule has 0 heterocycles. The van der Waals surface area contributed by atoms with Crippen molar-refractivity contribution in [1.29, 1.82) is 0 Å². The minimum absolute atomic E-state index is 0. The Bertz CT molecular complexity index is 258. The molecule has 0 atom stereocenters. The van der Waals surface area contributed by atoms with Gasteiger partial charge in [0.25, 0.3) is 0 Å². The number of rotatable bonds is 5. The predicted octanol–water partition coefficient (Wildman–Crippen LogP) is 3.37. The van der Waals surface area contributed by atoms with Crippen molar-refractivity contribution in [3.8, 4) is 0 Å². The molecular formula is C14H28IN3. The van der Waals surface area contributed by atoms with Crippen LogP contribution in [0.1, 0.15) is 57.8 Å². The van der Waals surface area contributed by atoms with E-state index in [9.17, 15) is 0 Å². The fourth-order valence-corrected chi connectivity index (χ4v) is 2.81. The van der Waals surface area contributed by atoms with Gasteiger partial charge in [-0.1, -0.05) is 32.1 Å². The lowest BCUT2D eigenvalue weighted by Gasteiger charge is -2.21. The molecule has 0 aromatic carbocycles. The van der Waals surface area contributed by atoms with Crippen LogP contribution in [-0.2, 0) is 0 Å². The third-order valence-electron chi connectivity index (χ3n) is 4.22. The third-order valence-corrected chi connectivity index (χ3v) is 4.22. The second-order valence-electron chi connectivity index (χ2n) is 5.73. The van der Waals surface area contributed by atoms with Crippen LogP contribution in [0.4, 0.5) is 0 Å². The van der Waals surface area contributed by atoms with Crippen molar-refractivity contribution in [3.05, 3.63) is 0 Å². The molecule has 0 amide bonds. The Morgan fingerprint density at radius 3 is 2.44 bits per heavy atom. The van der Waals surface area contributed by atoms with Crippen LogP contribution >= 0.6 is 24.0 Å². The fourth-order valence-electron chi connectivity index (χ4n) is 2.81. The number of halogens is 1. The van der Waals surface area contributed by atoms with Gasteiger partial charge in [0.05, 0.1) is 0 Å². The first kappa shape index (κ1) is 16.1. The summed E-state index contributed by atoms with van der Waals surface area (Å²) in [5, 5.41) is 0. The normalized spacial score (nSPS) is 21.5. The topological polar surface area (TPSA) is 41.6 Å². The SMILES string of the molecule is CN(C(N)=NCCCC1CCCCC1)C1CC1.I. The van der Waals surface area contributed by atoms with Crippen LogP contribution in [0.15, 0.2) is 4.99 Å². The summed E-state index contributed by atoms with van der Waals surface area (Å²) in [4.78, 5) is 6.63. The van der Waals surface area contributed by atoms with Gasteiger partial charge in [-0.3, -0.25) is 4.99 Å². The molecule has 0 saturated heterocycles. The summed E-state index contributed by atoms with van der Waals surface area (Å²) >= 11 is 0. The van der Waals surface area contributed by atoms with Crippen molar-refractivity contribution in [2.24, 2.45) is 16.6 Å². The van der Waals surface area contributed by atoms with Gasteiger partial charge in [0, 0.05) is 19.6 Å². The summed E-state index contributed by atoms with van der Waals surface area (Å²) < 4.78 is 0. The third kappa shape index (κ3) is 5.33. The number of nitrogens with zero attached hydrogens (tertiary/aromatic N) is 2. The van der Waals surface area contributed by atoms with Gasteiger partial charge in [-0.2, -0.15) is 0 Å². The average molecular weight is 365 g/mol. The molecule has 2 saturated carbocycles. The molecule has 3 nitrogen and oxygen atoms in total. The second kappa shape index (κ2) is 8.23. The molecule has 2 aliphatic rings. The standard InChI is InChI=1S/C14H27N3.HI/c1-17(13-9-10-13)14(15)16-11-5-8-12-6-3-2-4-7-12;/h12-13H,2-11H2,1H3,(H2,15,16);1H. The minimum Gasteiger partial charge on any atom is -0.370 e. The molecule has 2 rings (SSSR count). The van der Waals surface area contributed by atoms with E-state index in [0.29, 0.717) is 6.04 Å². The summed E-state index contributed by atoms with van der Waals surface area (Å²) in [6.45, 7) is 0.916. The first-order valence-corrected chi connectivity index (χ1v) is 7.30. The van der Waals surface area contributed by atoms with Crippen LogP contribution in [0.5, 0.6) is 0 Å². The molecule has 4 heteroatoms. The number of nitrogens with two attached hydrogens (primary N) is 1. The van der Waals surface area contributed by atoms with Crippen LogP contribution in [0.25, 0.3) is 0 Å². The molecule has 0 bridgehead atoms. The van der Waals surface area contributed by atoms with E-state index in [2.05, 4.69) is 16.9 Å². The number of hydrogen-bond acceptors (Lipinski definition) is 1. The van der Waals surface area contributed by atoms with Crippen molar-refractivity contribution in [1.82, 2.24) is 4.90 Å². The summed E-state index contributed by atoms with van der Waals surface area (Å²) in [7, 11) is 2.07. The Labute approximate surface area is 129 Å². The maximum Gasteiger partial charge on any atom is 0.191 e. The maximum atomic E-state index is 5.95. The number of hydrogen-bond donors (Lipinski definition) is 1. The molecule has 106 valence electrons. The molecule has 2 aliphatic carbocycles. The van der Waals surface area contributed by atoms with E-state index < -0.39 is 0 Å². The lowest BCUT2D eigenvalue weighted by molar-refractivity contribution is 0.334. The van der Waals surface area contributed by atoms with Crippen LogP contribution in [0, 0.1) is 5.92 Å². The molecule has 0 aromatic rings. The zero-order valence-corrected chi connectivity index (χ0v) is 13.9. The van der Waals surface area contributed by atoms with Gasteiger partial charge in [-0.25, -0.2) is 0 Å². The largest absolute Gasteiger partial charge is 0.370 e. The van der Waals surface area contributed by atoms with Gasteiger partial charge in [0.1, 0.15) is 0 Å². The molecule has 0 spiro atoms. The van der Waals surface area contributed by atoms with Crippen molar-refractivity contribution in [3.63, 3.8) is 0 Å². The Morgan fingerprint density at radius 1 is 1.17 bits per heavy atom. The quantitative estimate of drug-likeness (QED) is 0.351. The predicted molar refractivity (Wildman–Crippen MR) is 88.5 cm³/mol. The van der Waals surface area contributed by atoms with E-state index in [0.717, 1.165) is 18.4 Å². The second-order valence-corrected chi connectivity index (χ2v) is 5.73. The molecule has 0 radical (unpaired) electrons. The van der Waals surface area contributed by atoms with Crippen molar-refractivity contribution >= 4 is 29.9 Å². The van der Waals surface area contributed by atoms with Crippen molar-refractivity contribution < 1.29 is 0 Å². The molecule has 0 aliphatic heterocycles. The van der Waals surface area contributed by atoms with Gasteiger partial charge >= 0.3 is 0 Å². The van der Waals surface area contributed by atoms with E-state index in [1.807, 2.05) is 0 Å². The van der Waals surface area contributed by atoms with Crippen molar-refractivity contribution in [2.75, 3.05) is 13.6 Å². The summed E-state index contributed by atoms with van der Waals surface area (Å²) in [6, 6.07) is 0.678. The monoisotopic (exact) mass is 365 g/mol. The molecule has 18 heavy (non-hydrogen) atoms. The van der Waals surface area contributed by atoms with E-state index in [1.165, 1.54) is 57.8 Å². The van der Waals surface area contributed by atoms with Crippen LogP contribution < -0.4 is 5.73 Å². The Kier molecular flexibility index (Phi) is 7.34. The van der Waals surface area contributed by atoms with Crippen LogP contribution in [0.3, 0.4) is 0 Å². The van der Waals surface area contributed by atoms with Gasteiger partial charge < -0.3 is 10.6 Å². The summed E-state index contributed by atoms with van der Waals surface area (Å²) in [6.07, 6.45) is 12.4. The molecule has 0 aromatic heterocycles. The average Bonchev–Trinajstić information content (AvgIpc) is 3.19. The first-order valence-electron chi connectivity index (χ1n) is 7.30. The van der Waals surface area contributed by atoms with E-state index in [4.69, 9.17) is 5.73 Å². The van der Waals surface area contributed by atoms with Crippen LogP contribution in [-0.4, -0.2) is 30.5 Å². The Hall–Kier alpha value is 0. The highest BCUT2D eigenvalue weighted by Gasteiger charge is 2.27. The lowest BCUT2D eigenvalue weighted by atomic mass is 9.86. The van der Waals surface area contributed by atoms with Gasteiger partial charge in [0.2, 0.25) is 0 Å². The number of aliphatic imine (C=N–C) groups is 1. The highest BCUT2D eigenvalue weighted by atomic mass is 127. The molecular weight excluding hydrogens is 337 g/mol. The molecule has 2 fully saturated rings. The molecule has 2 N–H and O–H groups in total. The lowest BCUT2D eigenvalue weighted by Crippen LogP contribution is -2.35.